The van der Waals surface area contributed by atoms with Gasteiger partial charge in [-0.05, 0) is 47.7 Å². The summed E-state index contributed by atoms with van der Waals surface area (Å²) in [5.74, 6) is 1.43. The fraction of sp³-hybridized carbons (Fsp3) is 0.250. The number of para-hydroxylation sites is 2. The number of nitrogens with one attached hydrogen (secondary N) is 1. The predicted octanol–water partition coefficient (Wildman–Crippen LogP) is 5.12. The number of rotatable bonds is 7. The lowest BCUT2D eigenvalue weighted by Crippen LogP contribution is -2.24. The van der Waals surface area contributed by atoms with Gasteiger partial charge < -0.3 is 14.3 Å². The summed E-state index contributed by atoms with van der Waals surface area (Å²) < 4.78 is 7.33. The molecule has 0 aliphatic heterocycles. The molecule has 2 aromatic heterocycles. The van der Waals surface area contributed by atoms with Crippen LogP contribution in [0.1, 0.15) is 53.7 Å². The number of carbonyl (C=O) groups excluding carboxylic acids is 1. The van der Waals surface area contributed by atoms with Crippen molar-refractivity contribution in [2.75, 3.05) is 0 Å². The maximum Gasteiger partial charge on any atom is 0.287 e. The number of nitrogens with zero attached hydrogens (tertiary/aromatic N) is 2. The minimum absolute atomic E-state index is 0.244. The van der Waals surface area contributed by atoms with Gasteiger partial charge >= 0.3 is 0 Å². The summed E-state index contributed by atoms with van der Waals surface area (Å²) in [6.07, 6.45) is 2.62. The zero-order valence-corrected chi connectivity index (χ0v) is 16.8. The van der Waals surface area contributed by atoms with E-state index >= 15 is 0 Å². The van der Waals surface area contributed by atoms with Crippen molar-refractivity contribution in [2.45, 2.75) is 39.3 Å². The first-order valence-corrected chi connectivity index (χ1v) is 10.0. The van der Waals surface area contributed by atoms with Gasteiger partial charge in [0.1, 0.15) is 5.82 Å². The summed E-state index contributed by atoms with van der Waals surface area (Å²) in [6, 6.07) is 20.2. The summed E-state index contributed by atoms with van der Waals surface area (Å²) in [5.41, 5.74) is 4.54. The average Bonchev–Trinajstić information content (AvgIpc) is 3.41. The molecule has 0 fully saturated rings. The smallest absolute Gasteiger partial charge is 0.287 e. The maximum absolute atomic E-state index is 12.3. The summed E-state index contributed by atoms with van der Waals surface area (Å²) in [6.45, 7) is 5.49. The Morgan fingerprint density at radius 2 is 1.90 bits per heavy atom. The number of fused-ring (bicyclic) bond motifs is 1. The van der Waals surface area contributed by atoms with Gasteiger partial charge in [0.05, 0.1) is 23.8 Å². The van der Waals surface area contributed by atoms with E-state index in [0.29, 0.717) is 24.8 Å². The third kappa shape index (κ3) is 4.09. The molecule has 0 spiro atoms. The van der Waals surface area contributed by atoms with E-state index in [9.17, 15) is 4.79 Å². The largest absolute Gasteiger partial charge is 0.459 e. The minimum Gasteiger partial charge on any atom is -0.459 e. The Bertz CT molecular complexity index is 1100. The van der Waals surface area contributed by atoms with Gasteiger partial charge in [-0.2, -0.15) is 0 Å². The second-order valence-electron chi connectivity index (χ2n) is 7.31. The van der Waals surface area contributed by atoms with Gasteiger partial charge in [0.2, 0.25) is 0 Å². The van der Waals surface area contributed by atoms with Gasteiger partial charge in [-0.15, -0.1) is 0 Å². The fourth-order valence-electron chi connectivity index (χ4n) is 3.46. The minimum atomic E-state index is -0.244. The van der Waals surface area contributed by atoms with Crippen molar-refractivity contribution < 1.29 is 9.21 Å². The van der Waals surface area contributed by atoms with E-state index in [1.807, 2.05) is 18.2 Å². The predicted molar refractivity (Wildman–Crippen MR) is 114 cm³/mol. The summed E-state index contributed by atoms with van der Waals surface area (Å²) in [5, 5.41) is 2.90. The molecular formula is C24H25N3O2. The first-order valence-electron chi connectivity index (χ1n) is 10.0. The van der Waals surface area contributed by atoms with Crippen LogP contribution in [-0.4, -0.2) is 15.5 Å². The first-order chi connectivity index (χ1) is 14.2. The molecule has 1 amide bonds. The van der Waals surface area contributed by atoms with Crippen LogP contribution in [0.5, 0.6) is 0 Å². The summed E-state index contributed by atoms with van der Waals surface area (Å²) in [4.78, 5) is 17.0. The molecule has 0 aliphatic rings. The van der Waals surface area contributed by atoms with Crippen LogP contribution in [-0.2, 0) is 13.1 Å². The molecular weight excluding hydrogens is 362 g/mol. The Labute approximate surface area is 170 Å². The van der Waals surface area contributed by atoms with Crippen LogP contribution in [0.4, 0.5) is 0 Å². The second-order valence-corrected chi connectivity index (χ2v) is 7.31. The summed E-state index contributed by atoms with van der Waals surface area (Å²) >= 11 is 0. The van der Waals surface area contributed by atoms with E-state index in [4.69, 9.17) is 9.40 Å². The quantitative estimate of drug-likeness (QED) is 0.479. The molecule has 29 heavy (non-hydrogen) atoms. The van der Waals surface area contributed by atoms with Gasteiger partial charge in [0.25, 0.3) is 5.91 Å². The van der Waals surface area contributed by atoms with Gasteiger partial charge in [-0.3, -0.25) is 4.79 Å². The van der Waals surface area contributed by atoms with Crippen LogP contribution < -0.4 is 5.32 Å². The number of hydrogen-bond acceptors (Lipinski definition) is 3. The molecule has 0 saturated heterocycles. The topological polar surface area (TPSA) is 60.1 Å². The lowest BCUT2D eigenvalue weighted by Gasteiger charge is -2.12. The van der Waals surface area contributed by atoms with Crippen molar-refractivity contribution in [3.05, 3.63) is 89.6 Å². The molecule has 1 N–H and O–H groups in total. The lowest BCUT2D eigenvalue weighted by atomic mass is 9.98. The highest BCUT2D eigenvalue weighted by Crippen LogP contribution is 2.21. The standard InChI is InChI=1S/C24H25N3O2/c1-3-17(2)19-12-10-18(11-13-19)16-27-21-8-5-4-7-20(21)26-23(27)15-25-24(28)22-9-6-14-29-22/h4-14,17H,3,15-16H2,1-2H3,(H,25,28)/t17-/m0/s1. The van der Waals surface area contributed by atoms with Crippen LogP contribution >= 0.6 is 0 Å². The number of imidazole rings is 1. The lowest BCUT2D eigenvalue weighted by molar-refractivity contribution is 0.0922. The number of carbonyl (C=O) groups is 1. The molecule has 2 aromatic carbocycles. The van der Waals surface area contributed by atoms with Crippen molar-refractivity contribution in [2.24, 2.45) is 0 Å². The monoisotopic (exact) mass is 387 g/mol. The van der Waals surface area contributed by atoms with Crippen molar-refractivity contribution in [3.8, 4) is 0 Å². The van der Waals surface area contributed by atoms with Gasteiger partial charge in [-0.25, -0.2) is 4.98 Å². The Kier molecular flexibility index (Phi) is 5.47. The number of amides is 1. The molecule has 0 radical (unpaired) electrons. The highest BCUT2D eigenvalue weighted by Gasteiger charge is 2.14. The normalized spacial score (nSPS) is 12.2. The molecule has 5 heteroatoms. The number of furan rings is 1. The molecule has 4 rings (SSSR count). The number of aromatic nitrogens is 2. The SMILES string of the molecule is CC[C@H](C)c1ccc(Cn2c(CNC(=O)c3ccco3)nc3ccccc32)cc1. The molecule has 0 bridgehead atoms. The zero-order chi connectivity index (χ0) is 20.2. The highest BCUT2D eigenvalue weighted by molar-refractivity contribution is 5.91. The molecule has 2 heterocycles. The third-order valence-electron chi connectivity index (χ3n) is 5.39. The number of hydrogen-bond donors (Lipinski definition) is 1. The Morgan fingerprint density at radius 3 is 2.62 bits per heavy atom. The van der Waals surface area contributed by atoms with E-state index in [-0.39, 0.29) is 5.91 Å². The molecule has 148 valence electrons. The van der Waals surface area contributed by atoms with E-state index in [1.165, 1.54) is 17.4 Å². The Hall–Kier alpha value is -3.34. The molecule has 5 nitrogen and oxygen atoms in total. The molecule has 1 atom stereocenters. The van der Waals surface area contributed by atoms with Gasteiger partial charge in [-0.1, -0.05) is 50.2 Å². The Balaban J connectivity index is 1.59. The highest BCUT2D eigenvalue weighted by atomic mass is 16.3. The van der Waals surface area contributed by atoms with E-state index in [2.05, 4.69) is 54.1 Å². The van der Waals surface area contributed by atoms with Crippen molar-refractivity contribution in [3.63, 3.8) is 0 Å². The van der Waals surface area contributed by atoms with Crippen molar-refractivity contribution in [1.29, 1.82) is 0 Å². The maximum atomic E-state index is 12.3. The second kappa shape index (κ2) is 8.35. The van der Waals surface area contributed by atoms with Crippen LogP contribution in [0, 0.1) is 0 Å². The fourth-order valence-corrected chi connectivity index (χ4v) is 3.46. The molecule has 4 aromatic rings. The van der Waals surface area contributed by atoms with Crippen LogP contribution in [0.2, 0.25) is 0 Å². The molecule has 0 aliphatic carbocycles. The van der Waals surface area contributed by atoms with E-state index in [0.717, 1.165) is 23.3 Å². The van der Waals surface area contributed by atoms with Gasteiger partial charge in [0.15, 0.2) is 5.76 Å². The van der Waals surface area contributed by atoms with E-state index < -0.39 is 0 Å². The summed E-state index contributed by atoms with van der Waals surface area (Å²) in [7, 11) is 0. The first kappa shape index (κ1) is 19.0. The van der Waals surface area contributed by atoms with Crippen molar-refractivity contribution >= 4 is 16.9 Å². The number of benzene rings is 2. The van der Waals surface area contributed by atoms with Crippen LogP contribution in [0.25, 0.3) is 11.0 Å². The third-order valence-corrected chi connectivity index (χ3v) is 5.39. The van der Waals surface area contributed by atoms with Crippen LogP contribution in [0.15, 0.2) is 71.3 Å². The van der Waals surface area contributed by atoms with Crippen molar-refractivity contribution in [1.82, 2.24) is 14.9 Å². The zero-order valence-electron chi connectivity index (χ0n) is 16.8. The molecule has 0 saturated carbocycles. The van der Waals surface area contributed by atoms with Gasteiger partial charge in [0, 0.05) is 6.54 Å². The van der Waals surface area contributed by atoms with Crippen LogP contribution in [0.3, 0.4) is 0 Å². The Morgan fingerprint density at radius 1 is 1.10 bits per heavy atom. The van der Waals surface area contributed by atoms with E-state index in [1.54, 1.807) is 12.1 Å². The molecule has 0 unspecified atom stereocenters. The average molecular weight is 387 g/mol.